The summed E-state index contributed by atoms with van der Waals surface area (Å²) in [6.07, 6.45) is 2.99. The van der Waals surface area contributed by atoms with Crippen molar-refractivity contribution in [2.24, 2.45) is 0 Å². The lowest BCUT2D eigenvalue weighted by Gasteiger charge is -2.09. The molecule has 0 aliphatic carbocycles. The Balaban J connectivity index is 1.55. The van der Waals surface area contributed by atoms with Crippen LogP contribution in [0.4, 0.5) is 14.6 Å². The summed E-state index contributed by atoms with van der Waals surface area (Å²) in [5, 5.41) is 3.44. The van der Waals surface area contributed by atoms with E-state index in [0.29, 0.717) is 21.9 Å². The monoisotopic (exact) mass is 371 g/mol. The van der Waals surface area contributed by atoms with E-state index < -0.39 is 11.6 Å². The van der Waals surface area contributed by atoms with Crippen molar-refractivity contribution in [3.05, 3.63) is 77.3 Å². The summed E-state index contributed by atoms with van der Waals surface area (Å²) in [4.78, 5) is 8.34. The van der Waals surface area contributed by atoms with Gasteiger partial charge in [0, 0.05) is 29.4 Å². The Morgan fingerprint density at radius 1 is 1.04 bits per heavy atom. The normalized spacial score (nSPS) is 11.0. The topological polar surface area (TPSA) is 51.0 Å². The Hall–Kier alpha value is -2.99. The van der Waals surface area contributed by atoms with Crippen molar-refractivity contribution < 1.29 is 13.2 Å². The summed E-state index contributed by atoms with van der Waals surface area (Å²) >= 11 is 6.30. The van der Waals surface area contributed by atoms with Gasteiger partial charge in [-0.15, -0.1) is 0 Å². The fourth-order valence-electron chi connectivity index (χ4n) is 2.64. The smallest absolute Gasteiger partial charge is 0.181 e. The summed E-state index contributed by atoms with van der Waals surface area (Å²) in [5.74, 6) is -0.698. The standard InChI is InChI=1S/C19H12ClF2N3O/c20-14-7-17-18(26-10-25-17)6-12(14)11-4-5-19(23-8-11)24-9-13-15(21)2-1-3-16(13)22/h1-8,10H,9H2,(H,23,24). The van der Waals surface area contributed by atoms with Gasteiger partial charge < -0.3 is 9.73 Å². The van der Waals surface area contributed by atoms with Crippen LogP contribution in [0, 0.1) is 11.6 Å². The van der Waals surface area contributed by atoms with E-state index in [9.17, 15) is 8.78 Å². The number of rotatable bonds is 4. The van der Waals surface area contributed by atoms with Gasteiger partial charge in [0.05, 0.1) is 5.02 Å². The Morgan fingerprint density at radius 3 is 2.58 bits per heavy atom. The van der Waals surface area contributed by atoms with E-state index >= 15 is 0 Å². The van der Waals surface area contributed by atoms with Crippen LogP contribution in [0.1, 0.15) is 5.56 Å². The molecule has 0 saturated carbocycles. The van der Waals surface area contributed by atoms with Gasteiger partial charge in [-0.2, -0.15) is 0 Å². The molecule has 7 heteroatoms. The number of aromatic nitrogens is 2. The van der Waals surface area contributed by atoms with Gasteiger partial charge in [-0.05, 0) is 36.4 Å². The van der Waals surface area contributed by atoms with Gasteiger partial charge in [-0.3, -0.25) is 0 Å². The van der Waals surface area contributed by atoms with Gasteiger partial charge in [0.25, 0.3) is 0 Å². The number of hydrogen-bond donors (Lipinski definition) is 1. The molecular weight excluding hydrogens is 360 g/mol. The summed E-state index contributed by atoms with van der Waals surface area (Å²) in [5.41, 5.74) is 2.82. The third kappa shape index (κ3) is 3.11. The highest BCUT2D eigenvalue weighted by Gasteiger charge is 2.10. The highest BCUT2D eigenvalue weighted by molar-refractivity contribution is 6.34. The van der Waals surface area contributed by atoms with E-state index in [1.165, 1.54) is 24.6 Å². The van der Waals surface area contributed by atoms with Crippen LogP contribution in [0.15, 0.2) is 59.5 Å². The van der Waals surface area contributed by atoms with Crippen molar-refractivity contribution in [3.63, 3.8) is 0 Å². The molecule has 4 nitrogen and oxygen atoms in total. The van der Waals surface area contributed by atoms with Crippen LogP contribution < -0.4 is 5.32 Å². The maximum Gasteiger partial charge on any atom is 0.181 e. The zero-order valence-corrected chi connectivity index (χ0v) is 14.1. The summed E-state index contributed by atoms with van der Waals surface area (Å²) in [6, 6.07) is 10.8. The van der Waals surface area contributed by atoms with Crippen molar-refractivity contribution in [3.8, 4) is 11.1 Å². The molecule has 2 heterocycles. The van der Waals surface area contributed by atoms with E-state index in [2.05, 4.69) is 15.3 Å². The van der Waals surface area contributed by atoms with Crippen LogP contribution in [0.2, 0.25) is 5.02 Å². The molecule has 0 aliphatic heterocycles. The lowest BCUT2D eigenvalue weighted by atomic mass is 10.1. The molecule has 0 amide bonds. The zero-order chi connectivity index (χ0) is 18.1. The van der Waals surface area contributed by atoms with E-state index in [0.717, 1.165) is 11.1 Å². The van der Waals surface area contributed by atoms with Crippen molar-refractivity contribution >= 4 is 28.5 Å². The minimum Gasteiger partial charge on any atom is -0.443 e. The molecule has 4 aromatic rings. The molecule has 0 unspecified atom stereocenters. The van der Waals surface area contributed by atoms with E-state index in [4.69, 9.17) is 16.0 Å². The second-order valence-electron chi connectivity index (χ2n) is 5.64. The number of anilines is 1. The Morgan fingerprint density at radius 2 is 1.85 bits per heavy atom. The molecule has 0 saturated heterocycles. The third-order valence-electron chi connectivity index (χ3n) is 4.00. The third-order valence-corrected chi connectivity index (χ3v) is 4.32. The molecule has 26 heavy (non-hydrogen) atoms. The van der Waals surface area contributed by atoms with Crippen LogP contribution in [0.3, 0.4) is 0 Å². The van der Waals surface area contributed by atoms with Gasteiger partial charge in [0.15, 0.2) is 12.0 Å². The number of nitrogens with one attached hydrogen (secondary N) is 1. The minimum absolute atomic E-state index is 0.00433. The molecule has 130 valence electrons. The number of hydrogen-bond acceptors (Lipinski definition) is 4. The Bertz CT molecular complexity index is 1060. The van der Waals surface area contributed by atoms with Crippen LogP contribution >= 0.6 is 11.6 Å². The first-order valence-corrected chi connectivity index (χ1v) is 8.15. The molecular formula is C19H12ClF2N3O. The lowest BCUT2D eigenvalue weighted by Crippen LogP contribution is -2.05. The first-order valence-electron chi connectivity index (χ1n) is 7.78. The lowest BCUT2D eigenvalue weighted by molar-refractivity contribution is 0.560. The Labute approximate surface area is 152 Å². The van der Waals surface area contributed by atoms with Gasteiger partial charge in [0.1, 0.15) is 23.0 Å². The molecule has 0 aliphatic rings. The number of benzene rings is 2. The summed E-state index contributed by atoms with van der Waals surface area (Å²) in [7, 11) is 0. The summed E-state index contributed by atoms with van der Waals surface area (Å²) < 4.78 is 32.6. The number of oxazole rings is 1. The molecule has 1 N–H and O–H groups in total. The summed E-state index contributed by atoms with van der Waals surface area (Å²) in [6.45, 7) is -0.00433. The van der Waals surface area contributed by atoms with E-state index in [1.54, 1.807) is 24.4 Å². The quantitative estimate of drug-likeness (QED) is 0.519. The molecule has 0 atom stereocenters. The van der Waals surface area contributed by atoms with Gasteiger partial charge in [0.2, 0.25) is 0 Å². The van der Waals surface area contributed by atoms with Crippen LogP contribution in [0.5, 0.6) is 0 Å². The SMILES string of the molecule is Fc1cccc(F)c1CNc1ccc(-c2cc3ocnc3cc2Cl)cn1. The molecule has 0 bridgehead atoms. The van der Waals surface area contributed by atoms with E-state index in [1.807, 2.05) is 6.07 Å². The maximum atomic E-state index is 13.7. The number of fused-ring (bicyclic) bond motifs is 1. The number of pyridine rings is 1. The highest BCUT2D eigenvalue weighted by Crippen LogP contribution is 2.31. The zero-order valence-electron chi connectivity index (χ0n) is 13.3. The second kappa shape index (κ2) is 6.72. The molecule has 0 spiro atoms. The first-order chi connectivity index (χ1) is 12.6. The Kier molecular flexibility index (Phi) is 4.26. The largest absolute Gasteiger partial charge is 0.443 e. The van der Waals surface area contributed by atoms with Crippen molar-refractivity contribution in [2.45, 2.75) is 6.54 Å². The van der Waals surface area contributed by atoms with Crippen molar-refractivity contribution in [2.75, 3.05) is 5.32 Å². The van der Waals surface area contributed by atoms with E-state index in [-0.39, 0.29) is 12.1 Å². The average molecular weight is 372 g/mol. The number of halogens is 3. The number of nitrogens with zero attached hydrogens (tertiary/aromatic N) is 2. The second-order valence-corrected chi connectivity index (χ2v) is 6.05. The van der Waals surface area contributed by atoms with Gasteiger partial charge in [-0.25, -0.2) is 18.7 Å². The predicted octanol–water partition coefficient (Wildman–Crippen LogP) is 5.43. The fourth-order valence-corrected chi connectivity index (χ4v) is 2.90. The highest BCUT2D eigenvalue weighted by atomic mass is 35.5. The molecule has 2 aromatic heterocycles. The molecule has 0 radical (unpaired) electrons. The van der Waals surface area contributed by atoms with Crippen LogP contribution in [-0.2, 0) is 6.54 Å². The minimum atomic E-state index is -0.596. The maximum absolute atomic E-state index is 13.7. The van der Waals surface area contributed by atoms with Crippen LogP contribution in [0.25, 0.3) is 22.2 Å². The predicted molar refractivity (Wildman–Crippen MR) is 95.9 cm³/mol. The van der Waals surface area contributed by atoms with Gasteiger partial charge in [-0.1, -0.05) is 17.7 Å². The van der Waals surface area contributed by atoms with Crippen LogP contribution in [-0.4, -0.2) is 9.97 Å². The van der Waals surface area contributed by atoms with Crippen molar-refractivity contribution in [1.29, 1.82) is 0 Å². The molecule has 2 aromatic carbocycles. The van der Waals surface area contributed by atoms with Gasteiger partial charge >= 0.3 is 0 Å². The average Bonchev–Trinajstić information content (AvgIpc) is 3.08. The van der Waals surface area contributed by atoms with Crippen molar-refractivity contribution in [1.82, 2.24) is 9.97 Å². The fraction of sp³-hybridized carbons (Fsp3) is 0.0526. The first kappa shape index (κ1) is 16.5. The molecule has 0 fully saturated rings. The molecule has 4 rings (SSSR count).